The van der Waals surface area contributed by atoms with Gasteiger partial charge in [0.25, 0.3) is 0 Å². The van der Waals surface area contributed by atoms with Gasteiger partial charge in [-0.2, -0.15) is 11.8 Å². The Morgan fingerprint density at radius 1 is 1.15 bits per heavy atom. The quantitative estimate of drug-likeness (QED) is 0.814. The van der Waals surface area contributed by atoms with E-state index in [-0.39, 0.29) is 11.2 Å². The number of ketones is 1. The summed E-state index contributed by atoms with van der Waals surface area (Å²) in [5, 5.41) is 2.71. The second-order valence-electron chi connectivity index (χ2n) is 7.18. The molecule has 0 aliphatic heterocycles. The van der Waals surface area contributed by atoms with Gasteiger partial charge in [0, 0.05) is 6.42 Å². The van der Waals surface area contributed by atoms with E-state index >= 15 is 0 Å². The molecule has 0 aromatic carbocycles. The molecule has 0 saturated carbocycles. The molecule has 0 fully saturated rings. The largest absolute Gasteiger partial charge is 0.444 e. The molecule has 0 aromatic heterocycles. The van der Waals surface area contributed by atoms with Crippen molar-refractivity contribution in [3.63, 3.8) is 0 Å². The van der Waals surface area contributed by atoms with Gasteiger partial charge in [0.1, 0.15) is 5.60 Å². The molecule has 0 aliphatic carbocycles. The van der Waals surface area contributed by atoms with E-state index in [9.17, 15) is 9.59 Å². The third-order valence-electron chi connectivity index (χ3n) is 2.39. The molecule has 1 N–H and O–H groups in total. The van der Waals surface area contributed by atoms with E-state index in [1.807, 2.05) is 27.0 Å². The summed E-state index contributed by atoms with van der Waals surface area (Å²) in [4.78, 5) is 24.1. The summed E-state index contributed by atoms with van der Waals surface area (Å²) in [6.45, 7) is 11.5. The van der Waals surface area contributed by atoms with Crippen LogP contribution >= 0.6 is 11.8 Å². The first-order valence-electron chi connectivity index (χ1n) is 6.96. The number of thioether (sulfide) groups is 1. The van der Waals surface area contributed by atoms with Crippen LogP contribution in [0.15, 0.2) is 0 Å². The molecule has 0 aliphatic rings. The van der Waals surface area contributed by atoms with Crippen molar-refractivity contribution in [2.75, 3.05) is 12.0 Å². The van der Waals surface area contributed by atoms with E-state index in [4.69, 9.17) is 4.74 Å². The maximum Gasteiger partial charge on any atom is 0.408 e. The molecule has 0 heterocycles. The highest BCUT2D eigenvalue weighted by Gasteiger charge is 2.26. The highest BCUT2D eigenvalue weighted by Crippen LogP contribution is 2.21. The van der Waals surface area contributed by atoms with E-state index < -0.39 is 17.7 Å². The number of amides is 1. The van der Waals surface area contributed by atoms with Crippen molar-refractivity contribution in [2.24, 2.45) is 5.41 Å². The normalized spacial score (nSPS) is 13.8. The Labute approximate surface area is 127 Å². The Bertz CT molecular complexity index is 329. The highest BCUT2D eigenvalue weighted by atomic mass is 32.2. The summed E-state index contributed by atoms with van der Waals surface area (Å²) in [7, 11) is 0. The Morgan fingerprint density at radius 3 is 2.10 bits per heavy atom. The smallest absolute Gasteiger partial charge is 0.408 e. The molecular weight excluding hydrogens is 274 g/mol. The minimum absolute atomic E-state index is 0.0670. The number of alkyl carbamates (subject to hydrolysis) is 1. The minimum Gasteiger partial charge on any atom is -0.444 e. The van der Waals surface area contributed by atoms with Crippen molar-refractivity contribution in [2.45, 2.75) is 66.0 Å². The molecular formula is C15H29NO3S. The van der Waals surface area contributed by atoms with Crippen LogP contribution in [0, 0.1) is 5.41 Å². The van der Waals surface area contributed by atoms with Crippen LogP contribution in [0.25, 0.3) is 0 Å². The monoisotopic (exact) mass is 303 g/mol. The molecule has 1 atom stereocenters. The lowest BCUT2D eigenvalue weighted by Gasteiger charge is -2.25. The number of carbonyl (C=O) groups excluding carboxylic acids is 2. The first kappa shape index (κ1) is 19.3. The van der Waals surface area contributed by atoms with E-state index in [0.717, 1.165) is 5.75 Å². The maximum absolute atomic E-state index is 12.3. The Hall–Kier alpha value is -0.710. The first-order valence-corrected chi connectivity index (χ1v) is 8.35. The van der Waals surface area contributed by atoms with Gasteiger partial charge in [0.05, 0.1) is 6.04 Å². The molecule has 0 aromatic rings. The molecule has 0 spiro atoms. The summed E-state index contributed by atoms with van der Waals surface area (Å²) >= 11 is 1.66. The van der Waals surface area contributed by atoms with Gasteiger partial charge >= 0.3 is 6.09 Å². The molecule has 0 saturated heterocycles. The average Bonchev–Trinajstić information content (AvgIpc) is 2.18. The molecule has 0 rings (SSSR count). The van der Waals surface area contributed by atoms with Crippen molar-refractivity contribution in [3.8, 4) is 0 Å². The Morgan fingerprint density at radius 2 is 1.70 bits per heavy atom. The van der Waals surface area contributed by atoms with Gasteiger partial charge in [0.2, 0.25) is 0 Å². The lowest BCUT2D eigenvalue weighted by Crippen LogP contribution is -2.44. The van der Waals surface area contributed by atoms with Gasteiger partial charge in [-0.15, -0.1) is 0 Å². The second kappa shape index (κ2) is 7.91. The number of nitrogens with one attached hydrogen (secondary N) is 1. The lowest BCUT2D eigenvalue weighted by atomic mass is 9.87. The number of hydrogen-bond acceptors (Lipinski definition) is 4. The van der Waals surface area contributed by atoms with E-state index in [0.29, 0.717) is 12.8 Å². The van der Waals surface area contributed by atoms with Gasteiger partial charge in [0.15, 0.2) is 5.78 Å². The van der Waals surface area contributed by atoms with Crippen LogP contribution in [-0.4, -0.2) is 35.5 Å². The van der Waals surface area contributed by atoms with Crippen LogP contribution in [0.1, 0.15) is 54.4 Å². The summed E-state index contributed by atoms with van der Waals surface area (Å²) in [5.74, 6) is 0.897. The molecule has 118 valence electrons. The molecule has 5 heteroatoms. The Balaban J connectivity index is 4.63. The van der Waals surface area contributed by atoms with Gasteiger partial charge in [-0.25, -0.2) is 4.79 Å². The van der Waals surface area contributed by atoms with Gasteiger partial charge in [-0.3, -0.25) is 4.79 Å². The van der Waals surface area contributed by atoms with Crippen molar-refractivity contribution < 1.29 is 14.3 Å². The van der Waals surface area contributed by atoms with Crippen LogP contribution < -0.4 is 5.32 Å². The summed E-state index contributed by atoms with van der Waals surface area (Å²) < 4.78 is 5.22. The Kier molecular flexibility index (Phi) is 7.63. The van der Waals surface area contributed by atoms with Crippen LogP contribution in [0.2, 0.25) is 0 Å². The first-order chi connectivity index (χ1) is 8.94. The molecule has 20 heavy (non-hydrogen) atoms. The topological polar surface area (TPSA) is 55.4 Å². The zero-order valence-corrected chi connectivity index (χ0v) is 14.6. The summed E-state index contributed by atoms with van der Waals surface area (Å²) in [5.41, 5.74) is -0.633. The zero-order chi connectivity index (χ0) is 16.0. The number of hydrogen-bond donors (Lipinski definition) is 1. The molecule has 0 radical (unpaired) electrons. The van der Waals surface area contributed by atoms with E-state index in [1.54, 1.807) is 32.5 Å². The third-order valence-corrected chi connectivity index (χ3v) is 3.04. The zero-order valence-electron chi connectivity index (χ0n) is 13.8. The molecule has 0 unspecified atom stereocenters. The number of rotatable bonds is 6. The number of Topliss-reactive ketones (excluding diaryl/α,β-unsaturated/α-hetero) is 1. The standard InChI is InChI=1S/C15H29NO3S/c1-14(2,3)10-12(17)11(8-9-20-7)16-13(18)19-15(4,5)6/h11H,8-10H2,1-7H3,(H,16,18)/t11-/m0/s1. The van der Waals surface area contributed by atoms with Gasteiger partial charge in [-0.1, -0.05) is 20.8 Å². The average molecular weight is 303 g/mol. The molecule has 4 nitrogen and oxygen atoms in total. The third kappa shape index (κ3) is 10.1. The van der Waals surface area contributed by atoms with Crippen molar-refractivity contribution in [1.29, 1.82) is 0 Å². The van der Waals surface area contributed by atoms with Gasteiger partial charge in [-0.05, 0) is 44.6 Å². The molecule has 1 amide bonds. The summed E-state index contributed by atoms with van der Waals surface area (Å²) in [6, 6.07) is -0.462. The van der Waals surface area contributed by atoms with Crippen LogP contribution in [-0.2, 0) is 9.53 Å². The molecule has 0 bridgehead atoms. The van der Waals surface area contributed by atoms with E-state index in [1.165, 1.54) is 0 Å². The lowest BCUT2D eigenvalue weighted by molar-refractivity contribution is -0.122. The number of ether oxygens (including phenoxy) is 1. The van der Waals surface area contributed by atoms with Crippen LogP contribution in [0.3, 0.4) is 0 Å². The minimum atomic E-state index is -0.554. The van der Waals surface area contributed by atoms with Crippen molar-refractivity contribution in [1.82, 2.24) is 5.32 Å². The predicted octanol–water partition coefficient (Wildman–Crippen LogP) is 3.64. The fourth-order valence-electron chi connectivity index (χ4n) is 1.65. The van der Waals surface area contributed by atoms with E-state index in [2.05, 4.69) is 5.32 Å². The SMILES string of the molecule is CSCC[C@H](NC(=O)OC(C)(C)C)C(=O)CC(C)(C)C. The maximum atomic E-state index is 12.3. The fraction of sp³-hybridized carbons (Fsp3) is 0.867. The highest BCUT2D eigenvalue weighted by molar-refractivity contribution is 7.98. The predicted molar refractivity (Wildman–Crippen MR) is 85.2 cm³/mol. The van der Waals surface area contributed by atoms with Gasteiger partial charge < -0.3 is 10.1 Å². The fourth-order valence-corrected chi connectivity index (χ4v) is 2.12. The van der Waals surface area contributed by atoms with Crippen LogP contribution in [0.4, 0.5) is 4.79 Å². The van der Waals surface area contributed by atoms with Crippen molar-refractivity contribution >= 4 is 23.6 Å². The number of carbonyl (C=O) groups is 2. The second-order valence-corrected chi connectivity index (χ2v) is 8.17. The van der Waals surface area contributed by atoms with Crippen LogP contribution in [0.5, 0.6) is 0 Å². The summed E-state index contributed by atoms with van der Waals surface area (Å²) in [6.07, 6.45) is 2.54. The van der Waals surface area contributed by atoms with Crippen molar-refractivity contribution in [3.05, 3.63) is 0 Å².